The molecule has 5 nitrogen and oxygen atoms in total. The monoisotopic (exact) mass is 318 g/mol. The van der Waals surface area contributed by atoms with Crippen molar-refractivity contribution in [2.75, 3.05) is 24.6 Å². The van der Waals surface area contributed by atoms with E-state index in [0.29, 0.717) is 24.3 Å². The summed E-state index contributed by atoms with van der Waals surface area (Å²) >= 11 is 1.51. The molecular formula is C16H22N4OS. The molecule has 1 fully saturated rings. The Balaban J connectivity index is 1.56. The summed E-state index contributed by atoms with van der Waals surface area (Å²) in [6.07, 6.45) is 4.13. The molecule has 0 N–H and O–H groups in total. The van der Waals surface area contributed by atoms with E-state index in [1.54, 1.807) is 6.20 Å². The SMILES string of the molecule is CC(C)c1nsc(N2CCCC(COc3ccccn3)C2)n1. The second kappa shape index (κ2) is 7.05. The second-order valence-electron chi connectivity index (χ2n) is 6.02. The average Bonchev–Trinajstić information content (AvgIpc) is 3.05. The number of nitrogens with zero attached hydrogens (tertiary/aromatic N) is 4. The predicted molar refractivity (Wildman–Crippen MR) is 88.7 cm³/mol. The summed E-state index contributed by atoms with van der Waals surface area (Å²) in [5, 5.41) is 1.05. The Bertz CT molecular complexity index is 587. The highest BCUT2D eigenvalue weighted by Crippen LogP contribution is 2.26. The summed E-state index contributed by atoms with van der Waals surface area (Å²) in [7, 11) is 0. The third kappa shape index (κ3) is 3.74. The number of rotatable bonds is 5. The van der Waals surface area contributed by atoms with E-state index in [2.05, 4.69) is 33.1 Å². The van der Waals surface area contributed by atoms with Crippen LogP contribution >= 0.6 is 11.5 Å². The molecule has 0 aromatic carbocycles. The smallest absolute Gasteiger partial charge is 0.213 e. The maximum atomic E-state index is 5.80. The van der Waals surface area contributed by atoms with E-state index in [1.165, 1.54) is 24.4 Å². The summed E-state index contributed by atoms with van der Waals surface area (Å²) in [5.41, 5.74) is 0. The molecule has 0 amide bonds. The van der Waals surface area contributed by atoms with Gasteiger partial charge in [-0.2, -0.15) is 4.37 Å². The Morgan fingerprint density at radius 2 is 2.32 bits per heavy atom. The van der Waals surface area contributed by atoms with Crippen molar-refractivity contribution in [1.82, 2.24) is 14.3 Å². The zero-order valence-corrected chi connectivity index (χ0v) is 13.9. The van der Waals surface area contributed by atoms with Crippen LogP contribution in [0.15, 0.2) is 24.4 Å². The van der Waals surface area contributed by atoms with Crippen LogP contribution < -0.4 is 9.64 Å². The topological polar surface area (TPSA) is 51.1 Å². The quantitative estimate of drug-likeness (QED) is 0.846. The van der Waals surface area contributed by atoms with E-state index < -0.39 is 0 Å². The van der Waals surface area contributed by atoms with Gasteiger partial charge in [0.15, 0.2) is 0 Å². The van der Waals surface area contributed by atoms with Gasteiger partial charge >= 0.3 is 0 Å². The van der Waals surface area contributed by atoms with Gasteiger partial charge in [-0.3, -0.25) is 0 Å². The zero-order chi connectivity index (χ0) is 15.4. The first kappa shape index (κ1) is 15.2. The minimum atomic E-state index is 0.387. The minimum absolute atomic E-state index is 0.387. The van der Waals surface area contributed by atoms with Crippen molar-refractivity contribution in [2.45, 2.75) is 32.6 Å². The lowest BCUT2D eigenvalue weighted by molar-refractivity contribution is 0.222. The van der Waals surface area contributed by atoms with Gasteiger partial charge in [0.1, 0.15) is 5.82 Å². The van der Waals surface area contributed by atoms with Gasteiger partial charge in [-0.25, -0.2) is 9.97 Å². The molecule has 3 rings (SSSR count). The number of ether oxygens (including phenoxy) is 1. The Kier molecular flexibility index (Phi) is 4.87. The molecule has 2 aromatic rings. The Labute approximate surface area is 135 Å². The molecule has 1 aliphatic heterocycles. The van der Waals surface area contributed by atoms with Gasteiger partial charge < -0.3 is 9.64 Å². The van der Waals surface area contributed by atoms with Crippen LogP contribution in [-0.4, -0.2) is 34.0 Å². The lowest BCUT2D eigenvalue weighted by Gasteiger charge is -2.32. The van der Waals surface area contributed by atoms with Crippen molar-refractivity contribution in [3.63, 3.8) is 0 Å². The van der Waals surface area contributed by atoms with Crippen LogP contribution in [0, 0.1) is 5.92 Å². The Morgan fingerprint density at radius 3 is 3.05 bits per heavy atom. The molecule has 6 heteroatoms. The van der Waals surface area contributed by atoms with Crippen molar-refractivity contribution < 1.29 is 4.74 Å². The number of hydrogen-bond donors (Lipinski definition) is 0. The Hall–Kier alpha value is -1.69. The maximum absolute atomic E-state index is 5.80. The molecule has 3 heterocycles. The van der Waals surface area contributed by atoms with Crippen molar-refractivity contribution in [3.05, 3.63) is 30.2 Å². The van der Waals surface area contributed by atoms with Gasteiger partial charge in [-0.1, -0.05) is 19.9 Å². The number of aromatic nitrogens is 3. The lowest BCUT2D eigenvalue weighted by atomic mass is 9.99. The normalized spacial score (nSPS) is 18.7. The molecule has 0 saturated carbocycles. The summed E-state index contributed by atoms with van der Waals surface area (Å²) < 4.78 is 10.3. The van der Waals surface area contributed by atoms with Crippen LogP contribution in [0.2, 0.25) is 0 Å². The molecule has 1 saturated heterocycles. The van der Waals surface area contributed by atoms with Gasteiger partial charge in [0.2, 0.25) is 11.0 Å². The zero-order valence-electron chi connectivity index (χ0n) is 13.1. The van der Waals surface area contributed by atoms with Gasteiger partial charge in [0.05, 0.1) is 6.61 Å². The first-order chi connectivity index (χ1) is 10.7. The van der Waals surface area contributed by atoms with Gasteiger partial charge in [0.25, 0.3) is 0 Å². The van der Waals surface area contributed by atoms with Crippen molar-refractivity contribution >= 4 is 16.7 Å². The fourth-order valence-electron chi connectivity index (χ4n) is 2.60. The van der Waals surface area contributed by atoms with E-state index in [0.717, 1.165) is 24.0 Å². The third-order valence-corrected chi connectivity index (χ3v) is 4.63. The number of piperidine rings is 1. The van der Waals surface area contributed by atoms with Crippen LogP contribution in [0.1, 0.15) is 38.4 Å². The molecule has 0 aliphatic carbocycles. The molecule has 0 radical (unpaired) electrons. The Morgan fingerprint density at radius 1 is 1.41 bits per heavy atom. The summed E-state index contributed by atoms with van der Waals surface area (Å²) in [6.45, 7) is 7.02. The number of pyridine rings is 1. The summed E-state index contributed by atoms with van der Waals surface area (Å²) in [4.78, 5) is 11.2. The highest BCUT2D eigenvalue weighted by Gasteiger charge is 2.23. The standard InChI is InChI=1S/C16H22N4OS/c1-12(2)15-18-16(22-19-15)20-9-5-6-13(10-20)11-21-14-7-3-4-8-17-14/h3-4,7-8,12-13H,5-6,9-11H2,1-2H3. The maximum Gasteiger partial charge on any atom is 0.213 e. The van der Waals surface area contributed by atoms with E-state index in [-0.39, 0.29) is 0 Å². The van der Waals surface area contributed by atoms with Gasteiger partial charge in [-0.05, 0) is 18.9 Å². The van der Waals surface area contributed by atoms with Crippen LogP contribution in [0.4, 0.5) is 5.13 Å². The molecule has 2 aromatic heterocycles. The fraction of sp³-hybridized carbons (Fsp3) is 0.562. The van der Waals surface area contributed by atoms with E-state index in [1.807, 2.05) is 18.2 Å². The lowest BCUT2D eigenvalue weighted by Crippen LogP contribution is -2.37. The second-order valence-corrected chi connectivity index (χ2v) is 6.75. The van der Waals surface area contributed by atoms with Crippen molar-refractivity contribution in [2.24, 2.45) is 5.92 Å². The van der Waals surface area contributed by atoms with Crippen LogP contribution in [0.3, 0.4) is 0 Å². The van der Waals surface area contributed by atoms with Crippen molar-refractivity contribution in [1.29, 1.82) is 0 Å². The van der Waals surface area contributed by atoms with Gasteiger partial charge in [-0.15, -0.1) is 0 Å². The average molecular weight is 318 g/mol. The first-order valence-electron chi connectivity index (χ1n) is 7.84. The molecular weight excluding hydrogens is 296 g/mol. The van der Waals surface area contributed by atoms with E-state index >= 15 is 0 Å². The largest absolute Gasteiger partial charge is 0.477 e. The number of anilines is 1. The fourth-order valence-corrected chi connectivity index (χ4v) is 3.44. The summed E-state index contributed by atoms with van der Waals surface area (Å²) in [6, 6.07) is 5.75. The molecule has 118 valence electrons. The van der Waals surface area contributed by atoms with Gasteiger partial charge in [0, 0.05) is 48.7 Å². The number of hydrogen-bond acceptors (Lipinski definition) is 6. The predicted octanol–water partition coefficient (Wildman–Crippen LogP) is 3.35. The third-order valence-electron chi connectivity index (χ3n) is 3.84. The van der Waals surface area contributed by atoms with E-state index in [4.69, 9.17) is 4.74 Å². The highest BCUT2D eigenvalue weighted by molar-refractivity contribution is 7.09. The molecule has 1 aliphatic rings. The molecule has 1 unspecified atom stereocenters. The van der Waals surface area contributed by atoms with Crippen molar-refractivity contribution in [3.8, 4) is 5.88 Å². The minimum Gasteiger partial charge on any atom is -0.477 e. The van der Waals surface area contributed by atoms with Crippen LogP contribution in [0.5, 0.6) is 5.88 Å². The molecule has 22 heavy (non-hydrogen) atoms. The first-order valence-corrected chi connectivity index (χ1v) is 8.62. The molecule has 0 bridgehead atoms. The molecule has 1 atom stereocenters. The van der Waals surface area contributed by atoms with Crippen LogP contribution in [0.25, 0.3) is 0 Å². The summed E-state index contributed by atoms with van der Waals surface area (Å²) in [5.74, 6) is 2.56. The highest BCUT2D eigenvalue weighted by atomic mass is 32.1. The van der Waals surface area contributed by atoms with Crippen LogP contribution in [-0.2, 0) is 0 Å². The van der Waals surface area contributed by atoms with E-state index in [9.17, 15) is 0 Å². The molecule has 0 spiro atoms.